The Morgan fingerprint density at radius 2 is 2.19 bits per heavy atom. The van der Waals surface area contributed by atoms with E-state index in [0.717, 1.165) is 17.4 Å². The van der Waals surface area contributed by atoms with Gasteiger partial charge in [-0.2, -0.15) is 0 Å². The molecule has 1 unspecified atom stereocenters. The SMILES string of the molecule is CC1=CC(=O)C[C@@H](C)C1/C=C/C(C)=C\C=O. The summed E-state index contributed by atoms with van der Waals surface area (Å²) in [6.45, 7) is 5.96. The van der Waals surface area contributed by atoms with Crippen molar-refractivity contribution in [1.29, 1.82) is 0 Å². The van der Waals surface area contributed by atoms with Crippen molar-refractivity contribution in [3.05, 3.63) is 35.5 Å². The number of carbonyl (C=O) groups excluding carboxylic acids is 2. The van der Waals surface area contributed by atoms with E-state index in [-0.39, 0.29) is 5.78 Å². The van der Waals surface area contributed by atoms with Gasteiger partial charge in [-0.3, -0.25) is 9.59 Å². The molecule has 0 fully saturated rings. The van der Waals surface area contributed by atoms with Crippen LogP contribution in [0.3, 0.4) is 0 Å². The lowest BCUT2D eigenvalue weighted by molar-refractivity contribution is -0.116. The Morgan fingerprint density at radius 3 is 2.75 bits per heavy atom. The van der Waals surface area contributed by atoms with E-state index in [2.05, 4.69) is 13.0 Å². The molecule has 0 spiro atoms. The lowest BCUT2D eigenvalue weighted by Gasteiger charge is -2.25. The molecule has 0 radical (unpaired) electrons. The van der Waals surface area contributed by atoms with Crippen LogP contribution < -0.4 is 0 Å². The Morgan fingerprint density at radius 1 is 1.50 bits per heavy atom. The van der Waals surface area contributed by atoms with Crippen molar-refractivity contribution in [2.24, 2.45) is 11.8 Å². The highest BCUT2D eigenvalue weighted by Gasteiger charge is 2.23. The highest BCUT2D eigenvalue weighted by Crippen LogP contribution is 2.29. The number of ketones is 1. The molecule has 0 saturated heterocycles. The van der Waals surface area contributed by atoms with E-state index in [1.165, 1.54) is 6.08 Å². The predicted molar refractivity (Wildman–Crippen MR) is 65.0 cm³/mol. The lowest BCUT2D eigenvalue weighted by Crippen LogP contribution is -2.20. The van der Waals surface area contributed by atoms with Gasteiger partial charge in [0.15, 0.2) is 5.78 Å². The number of carbonyl (C=O) groups is 2. The van der Waals surface area contributed by atoms with Crippen LogP contribution in [0.25, 0.3) is 0 Å². The smallest absolute Gasteiger partial charge is 0.155 e. The molecule has 0 aromatic carbocycles. The zero-order chi connectivity index (χ0) is 12.1. The molecular weight excluding hydrogens is 200 g/mol. The fourth-order valence-corrected chi connectivity index (χ4v) is 2.06. The molecule has 0 aromatic heterocycles. The molecule has 0 aromatic rings. The monoisotopic (exact) mass is 218 g/mol. The molecule has 86 valence electrons. The Hall–Kier alpha value is -1.44. The van der Waals surface area contributed by atoms with E-state index >= 15 is 0 Å². The average molecular weight is 218 g/mol. The second kappa shape index (κ2) is 5.59. The van der Waals surface area contributed by atoms with Gasteiger partial charge < -0.3 is 0 Å². The van der Waals surface area contributed by atoms with Crippen molar-refractivity contribution in [1.82, 2.24) is 0 Å². The number of hydrogen-bond acceptors (Lipinski definition) is 2. The van der Waals surface area contributed by atoms with Gasteiger partial charge in [-0.25, -0.2) is 0 Å². The normalized spacial score (nSPS) is 27.1. The van der Waals surface area contributed by atoms with Gasteiger partial charge in [-0.05, 0) is 37.5 Å². The standard InChI is InChI=1S/C14H18O2/c1-10(6-7-15)4-5-14-11(2)8-13(16)9-12(14)3/h4-8,12,14H,9H2,1-3H3/b5-4+,10-6-/t12-,14?/m1/s1. The van der Waals surface area contributed by atoms with Gasteiger partial charge in [-0.1, -0.05) is 24.6 Å². The van der Waals surface area contributed by atoms with Crippen LogP contribution in [-0.4, -0.2) is 12.1 Å². The molecule has 0 aliphatic heterocycles. The molecule has 2 atom stereocenters. The van der Waals surface area contributed by atoms with Gasteiger partial charge in [0, 0.05) is 12.3 Å². The average Bonchev–Trinajstić information content (AvgIpc) is 2.16. The molecule has 1 rings (SSSR count). The number of hydrogen-bond donors (Lipinski definition) is 0. The van der Waals surface area contributed by atoms with Crippen LogP contribution in [0.15, 0.2) is 35.5 Å². The summed E-state index contributed by atoms with van der Waals surface area (Å²) in [5, 5.41) is 0. The third kappa shape index (κ3) is 3.30. The van der Waals surface area contributed by atoms with Gasteiger partial charge in [0.1, 0.15) is 6.29 Å². The van der Waals surface area contributed by atoms with E-state index in [9.17, 15) is 9.59 Å². The predicted octanol–water partition coefficient (Wildman–Crippen LogP) is 2.86. The zero-order valence-electron chi connectivity index (χ0n) is 10.1. The summed E-state index contributed by atoms with van der Waals surface area (Å²) in [4.78, 5) is 21.6. The first-order valence-corrected chi connectivity index (χ1v) is 5.56. The molecule has 1 aliphatic carbocycles. The molecule has 0 bridgehead atoms. The molecule has 0 N–H and O–H groups in total. The van der Waals surface area contributed by atoms with Gasteiger partial charge >= 0.3 is 0 Å². The van der Waals surface area contributed by atoms with Crippen molar-refractivity contribution in [3.63, 3.8) is 0 Å². The molecule has 2 heteroatoms. The van der Waals surface area contributed by atoms with Crippen LogP contribution in [0, 0.1) is 11.8 Å². The van der Waals surface area contributed by atoms with E-state index < -0.39 is 0 Å². The maximum absolute atomic E-state index is 11.3. The van der Waals surface area contributed by atoms with E-state index in [4.69, 9.17) is 0 Å². The minimum atomic E-state index is 0.217. The van der Waals surface area contributed by atoms with Gasteiger partial charge in [0.2, 0.25) is 0 Å². The molecule has 0 saturated carbocycles. The van der Waals surface area contributed by atoms with E-state index in [1.54, 1.807) is 6.08 Å². The van der Waals surface area contributed by atoms with Gasteiger partial charge in [-0.15, -0.1) is 0 Å². The summed E-state index contributed by atoms with van der Waals surface area (Å²) in [5.41, 5.74) is 2.05. The second-order valence-corrected chi connectivity index (χ2v) is 4.47. The maximum atomic E-state index is 11.3. The molecule has 1 aliphatic rings. The summed E-state index contributed by atoms with van der Waals surface area (Å²) in [7, 11) is 0. The Kier molecular flexibility index (Phi) is 4.41. The topological polar surface area (TPSA) is 34.1 Å². The van der Waals surface area contributed by atoms with Crippen molar-refractivity contribution >= 4 is 12.1 Å². The summed E-state index contributed by atoms with van der Waals surface area (Å²) in [6, 6.07) is 0. The number of rotatable bonds is 3. The van der Waals surface area contributed by atoms with Crippen molar-refractivity contribution in [3.8, 4) is 0 Å². The highest BCUT2D eigenvalue weighted by atomic mass is 16.1. The summed E-state index contributed by atoms with van der Waals surface area (Å²) in [6.07, 6.45) is 8.70. The van der Waals surface area contributed by atoms with E-state index in [0.29, 0.717) is 18.3 Å². The van der Waals surface area contributed by atoms with Crippen molar-refractivity contribution < 1.29 is 9.59 Å². The first kappa shape index (κ1) is 12.6. The second-order valence-electron chi connectivity index (χ2n) is 4.47. The molecule has 2 nitrogen and oxygen atoms in total. The van der Waals surface area contributed by atoms with Crippen LogP contribution in [0.2, 0.25) is 0 Å². The summed E-state index contributed by atoms with van der Waals surface area (Å²) in [5.74, 6) is 0.875. The first-order chi connectivity index (χ1) is 7.54. The van der Waals surface area contributed by atoms with Crippen LogP contribution in [-0.2, 0) is 9.59 Å². The first-order valence-electron chi connectivity index (χ1n) is 5.56. The van der Waals surface area contributed by atoms with Gasteiger partial charge in [0.25, 0.3) is 0 Å². The number of allylic oxidation sites excluding steroid dienone is 6. The fourth-order valence-electron chi connectivity index (χ4n) is 2.06. The Labute approximate surface area is 96.7 Å². The number of aldehydes is 1. The third-order valence-corrected chi connectivity index (χ3v) is 2.95. The highest BCUT2D eigenvalue weighted by molar-refractivity contribution is 5.91. The van der Waals surface area contributed by atoms with Crippen molar-refractivity contribution in [2.45, 2.75) is 27.2 Å². The minimum Gasteiger partial charge on any atom is -0.299 e. The van der Waals surface area contributed by atoms with Crippen LogP contribution in [0.1, 0.15) is 27.2 Å². The van der Waals surface area contributed by atoms with E-state index in [1.807, 2.05) is 19.9 Å². The molecule has 0 amide bonds. The van der Waals surface area contributed by atoms with Crippen LogP contribution >= 0.6 is 0 Å². The summed E-state index contributed by atoms with van der Waals surface area (Å²) >= 11 is 0. The fraction of sp³-hybridized carbons (Fsp3) is 0.429. The molecule has 16 heavy (non-hydrogen) atoms. The van der Waals surface area contributed by atoms with Crippen LogP contribution in [0.4, 0.5) is 0 Å². The van der Waals surface area contributed by atoms with Gasteiger partial charge in [0.05, 0.1) is 0 Å². The largest absolute Gasteiger partial charge is 0.299 e. The maximum Gasteiger partial charge on any atom is 0.155 e. The quantitative estimate of drug-likeness (QED) is 0.414. The lowest BCUT2D eigenvalue weighted by atomic mass is 9.79. The molecule has 0 heterocycles. The Balaban J connectivity index is 2.81. The summed E-state index contributed by atoms with van der Waals surface area (Å²) < 4.78 is 0. The zero-order valence-corrected chi connectivity index (χ0v) is 10.1. The molecular formula is C14H18O2. The van der Waals surface area contributed by atoms with Crippen LogP contribution in [0.5, 0.6) is 0 Å². The third-order valence-electron chi connectivity index (χ3n) is 2.95. The minimum absolute atomic E-state index is 0.217. The Bertz CT molecular complexity index is 372. The van der Waals surface area contributed by atoms with Crippen molar-refractivity contribution in [2.75, 3.05) is 0 Å².